The van der Waals surface area contributed by atoms with E-state index in [1.54, 1.807) is 36.4 Å². The molecule has 0 aromatic carbocycles. The van der Waals surface area contributed by atoms with Gasteiger partial charge in [-0.3, -0.25) is 14.0 Å². The Balaban J connectivity index is 1.98. The average molecular weight is 296 g/mol. The Kier molecular flexibility index (Phi) is 4.75. The quantitative estimate of drug-likeness (QED) is 0.841. The Labute approximate surface area is 121 Å². The van der Waals surface area contributed by atoms with Crippen LogP contribution in [0.25, 0.3) is 0 Å². The van der Waals surface area contributed by atoms with Crippen molar-refractivity contribution in [3.8, 4) is 5.75 Å². The highest BCUT2D eigenvalue weighted by molar-refractivity contribution is 7.86. The normalized spacial score (nSPS) is 27.9. The highest BCUT2D eigenvalue weighted by Crippen LogP contribution is 2.17. The molecule has 110 valence electrons. The molecule has 1 aliphatic heterocycles. The number of rotatable bonds is 3. The van der Waals surface area contributed by atoms with Gasteiger partial charge in [0.25, 0.3) is 5.91 Å². The average Bonchev–Trinajstić information content (AvgIpc) is 2.44. The lowest BCUT2D eigenvalue weighted by atomic mass is 10.2. The van der Waals surface area contributed by atoms with Crippen LogP contribution >= 0.6 is 0 Å². The highest BCUT2D eigenvalue weighted by Gasteiger charge is 2.33. The van der Waals surface area contributed by atoms with Crippen molar-refractivity contribution in [3.63, 3.8) is 0 Å². The second-order valence-electron chi connectivity index (χ2n) is 5.14. The zero-order chi connectivity index (χ0) is 14.7. The first kappa shape index (κ1) is 15.0. The van der Waals surface area contributed by atoms with Crippen LogP contribution in [0.2, 0.25) is 0 Å². The topological polar surface area (TPSA) is 59.5 Å². The lowest BCUT2D eigenvalue weighted by Crippen LogP contribution is -2.52. The van der Waals surface area contributed by atoms with E-state index in [0.717, 1.165) is 0 Å². The van der Waals surface area contributed by atoms with Gasteiger partial charge in [-0.05, 0) is 32.9 Å². The predicted octanol–water partition coefficient (Wildman–Crippen LogP) is 1.22. The third kappa shape index (κ3) is 3.36. The second-order valence-corrected chi connectivity index (χ2v) is 7.41. The summed E-state index contributed by atoms with van der Waals surface area (Å²) in [4.78, 5) is 18.1. The first-order valence-electron chi connectivity index (χ1n) is 6.74. The Morgan fingerprint density at radius 1 is 1.45 bits per heavy atom. The van der Waals surface area contributed by atoms with Crippen LogP contribution in [-0.2, 0) is 15.6 Å². The molecule has 3 atom stereocenters. The van der Waals surface area contributed by atoms with Crippen LogP contribution in [0.1, 0.15) is 20.8 Å². The fraction of sp³-hybridized carbons (Fsp3) is 0.571. The van der Waals surface area contributed by atoms with Crippen LogP contribution in [0.3, 0.4) is 0 Å². The molecule has 1 saturated heterocycles. The molecule has 1 amide bonds. The van der Waals surface area contributed by atoms with E-state index in [4.69, 9.17) is 4.74 Å². The SMILES string of the molecule is CC(Oc1cccnc1)C(=O)N1CC(C)S(=O)C(C)C1. The van der Waals surface area contributed by atoms with Crippen molar-refractivity contribution in [2.45, 2.75) is 37.4 Å². The number of pyridine rings is 1. The second kappa shape index (κ2) is 6.35. The van der Waals surface area contributed by atoms with Gasteiger partial charge in [-0.2, -0.15) is 0 Å². The molecule has 2 rings (SSSR count). The number of hydrogen-bond acceptors (Lipinski definition) is 4. The number of carbonyl (C=O) groups excluding carboxylic acids is 1. The maximum atomic E-state index is 12.4. The molecule has 5 nitrogen and oxygen atoms in total. The molecule has 1 aromatic rings. The Morgan fingerprint density at radius 3 is 2.65 bits per heavy atom. The van der Waals surface area contributed by atoms with Crippen molar-refractivity contribution in [1.29, 1.82) is 0 Å². The maximum Gasteiger partial charge on any atom is 0.263 e. The number of aromatic nitrogens is 1. The number of ether oxygens (including phenoxy) is 1. The van der Waals surface area contributed by atoms with E-state index >= 15 is 0 Å². The number of nitrogens with zero attached hydrogens (tertiary/aromatic N) is 2. The minimum Gasteiger partial charge on any atom is -0.479 e. The summed E-state index contributed by atoms with van der Waals surface area (Å²) >= 11 is 0. The fourth-order valence-electron chi connectivity index (χ4n) is 2.35. The summed E-state index contributed by atoms with van der Waals surface area (Å²) in [5, 5.41) is 0.0154. The van der Waals surface area contributed by atoms with E-state index in [1.165, 1.54) is 0 Å². The van der Waals surface area contributed by atoms with Crippen molar-refractivity contribution in [3.05, 3.63) is 24.5 Å². The van der Waals surface area contributed by atoms with Crippen LogP contribution in [0.4, 0.5) is 0 Å². The number of carbonyl (C=O) groups is 1. The van der Waals surface area contributed by atoms with Crippen molar-refractivity contribution in [1.82, 2.24) is 9.88 Å². The van der Waals surface area contributed by atoms with E-state index in [-0.39, 0.29) is 16.4 Å². The fourth-order valence-corrected chi connectivity index (χ4v) is 3.79. The molecule has 6 heteroatoms. The zero-order valence-corrected chi connectivity index (χ0v) is 12.8. The van der Waals surface area contributed by atoms with Crippen LogP contribution < -0.4 is 4.74 Å². The minimum atomic E-state index is -0.863. The van der Waals surface area contributed by atoms with Gasteiger partial charge >= 0.3 is 0 Å². The van der Waals surface area contributed by atoms with Gasteiger partial charge in [-0.15, -0.1) is 0 Å². The molecule has 0 spiro atoms. The standard InChI is InChI=1S/C14H20N2O3S/c1-10-8-16(9-11(2)20(10)18)14(17)12(3)19-13-5-4-6-15-7-13/h4-7,10-12H,8-9H2,1-3H3. The van der Waals surface area contributed by atoms with Gasteiger partial charge < -0.3 is 9.64 Å². The summed E-state index contributed by atoms with van der Waals surface area (Å²) in [5.41, 5.74) is 0. The summed E-state index contributed by atoms with van der Waals surface area (Å²) < 4.78 is 17.5. The maximum absolute atomic E-state index is 12.4. The minimum absolute atomic E-state index is 0.00768. The highest BCUT2D eigenvalue weighted by atomic mass is 32.2. The van der Waals surface area contributed by atoms with E-state index in [0.29, 0.717) is 18.8 Å². The van der Waals surface area contributed by atoms with Gasteiger partial charge in [0.2, 0.25) is 0 Å². The summed E-state index contributed by atoms with van der Waals surface area (Å²) in [5.74, 6) is 0.513. The van der Waals surface area contributed by atoms with E-state index in [9.17, 15) is 9.00 Å². The number of hydrogen-bond donors (Lipinski definition) is 0. The zero-order valence-electron chi connectivity index (χ0n) is 12.0. The van der Waals surface area contributed by atoms with E-state index in [1.807, 2.05) is 13.8 Å². The van der Waals surface area contributed by atoms with Gasteiger partial charge in [0.15, 0.2) is 6.10 Å². The third-order valence-electron chi connectivity index (χ3n) is 3.35. The van der Waals surface area contributed by atoms with E-state index in [2.05, 4.69) is 4.98 Å². The van der Waals surface area contributed by atoms with Gasteiger partial charge in [0.1, 0.15) is 5.75 Å². The van der Waals surface area contributed by atoms with Crippen molar-refractivity contribution in [2.24, 2.45) is 0 Å². The molecule has 0 N–H and O–H groups in total. The van der Waals surface area contributed by atoms with Gasteiger partial charge in [-0.25, -0.2) is 0 Å². The lowest BCUT2D eigenvalue weighted by molar-refractivity contribution is -0.138. The molecule has 20 heavy (non-hydrogen) atoms. The molecule has 0 saturated carbocycles. The molecule has 0 radical (unpaired) electrons. The molecular weight excluding hydrogens is 276 g/mol. The molecule has 1 fully saturated rings. The van der Waals surface area contributed by atoms with E-state index < -0.39 is 16.9 Å². The molecule has 0 bridgehead atoms. The Hall–Kier alpha value is -1.43. The van der Waals surface area contributed by atoms with Crippen LogP contribution in [0.15, 0.2) is 24.5 Å². The summed E-state index contributed by atoms with van der Waals surface area (Å²) in [7, 11) is -0.863. The van der Waals surface area contributed by atoms with Crippen LogP contribution in [0, 0.1) is 0 Å². The summed E-state index contributed by atoms with van der Waals surface area (Å²) in [6.07, 6.45) is 2.67. The Morgan fingerprint density at radius 2 is 2.10 bits per heavy atom. The molecule has 3 unspecified atom stereocenters. The smallest absolute Gasteiger partial charge is 0.263 e. The lowest BCUT2D eigenvalue weighted by Gasteiger charge is -2.35. The van der Waals surface area contributed by atoms with Crippen LogP contribution in [0.5, 0.6) is 5.75 Å². The largest absolute Gasteiger partial charge is 0.479 e. The first-order chi connectivity index (χ1) is 9.49. The van der Waals surface area contributed by atoms with Gasteiger partial charge in [0, 0.05) is 40.6 Å². The van der Waals surface area contributed by atoms with Gasteiger partial charge in [-0.1, -0.05) is 0 Å². The van der Waals surface area contributed by atoms with Crippen molar-refractivity contribution in [2.75, 3.05) is 13.1 Å². The first-order valence-corrected chi connectivity index (χ1v) is 8.01. The van der Waals surface area contributed by atoms with Crippen molar-refractivity contribution >= 4 is 16.7 Å². The monoisotopic (exact) mass is 296 g/mol. The van der Waals surface area contributed by atoms with Crippen LogP contribution in [-0.4, -0.2) is 49.7 Å². The Bertz CT molecular complexity index is 480. The molecular formula is C14H20N2O3S. The molecule has 2 heterocycles. The third-order valence-corrected chi connectivity index (χ3v) is 5.24. The molecule has 0 aliphatic carbocycles. The summed E-state index contributed by atoms with van der Waals surface area (Å²) in [6, 6.07) is 3.54. The number of amides is 1. The summed E-state index contributed by atoms with van der Waals surface area (Å²) in [6.45, 7) is 6.61. The molecule has 1 aliphatic rings. The van der Waals surface area contributed by atoms with Crippen molar-refractivity contribution < 1.29 is 13.7 Å². The van der Waals surface area contributed by atoms with Gasteiger partial charge in [0.05, 0.1) is 6.20 Å². The molecule has 1 aromatic heterocycles. The predicted molar refractivity (Wildman–Crippen MR) is 78.0 cm³/mol.